The maximum atomic E-state index is 12.1. The first-order valence-electron chi connectivity index (χ1n) is 6.59. The molecule has 0 aromatic heterocycles. The van der Waals surface area contributed by atoms with Crippen molar-refractivity contribution in [3.8, 4) is 0 Å². The largest absolute Gasteiger partial charge is 0.398 e. The molecule has 3 nitrogen and oxygen atoms in total. The van der Waals surface area contributed by atoms with Crippen molar-refractivity contribution in [1.29, 1.82) is 0 Å². The third kappa shape index (κ3) is 3.30. The number of benzene rings is 1. The monoisotopic (exact) mass is 324 g/mol. The van der Waals surface area contributed by atoms with Crippen LogP contribution in [0.2, 0.25) is 0 Å². The van der Waals surface area contributed by atoms with Crippen molar-refractivity contribution in [1.82, 2.24) is 4.90 Å². The molecule has 2 N–H and O–H groups in total. The quantitative estimate of drug-likeness (QED) is 0.847. The van der Waals surface area contributed by atoms with Crippen LogP contribution in [0.5, 0.6) is 0 Å². The lowest BCUT2D eigenvalue weighted by atomic mass is 9.80. The second-order valence-electron chi connectivity index (χ2n) is 6.38. The fraction of sp³-hybridized carbons (Fsp3) is 0.533. The molecule has 104 valence electrons. The smallest absolute Gasteiger partial charge is 0.223 e. The van der Waals surface area contributed by atoms with Crippen molar-refractivity contribution in [2.45, 2.75) is 33.7 Å². The molecule has 1 aliphatic rings. The molecule has 1 atom stereocenters. The molecule has 1 saturated heterocycles. The fourth-order valence-corrected chi connectivity index (χ4v) is 2.80. The topological polar surface area (TPSA) is 46.3 Å². The molecular weight excluding hydrogens is 304 g/mol. The molecule has 0 spiro atoms. The molecule has 19 heavy (non-hydrogen) atoms. The van der Waals surface area contributed by atoms with Crippen molar-refractivity contribution in [3.63, 3.8) is 0 Å². The van der Waals surface area contributed by atoms with Gasteiger partial charge in [-0.25, -0.2) is 0 Å². The molecule has 0 aliphatic carbocycles. The van der Waals surface area contributed by atoms with E-state index in [9.17, 15) is 4.79 Å². The second-order valence-corrected chi connectivity index (χ2v) is 7.30. The van der Waals surface area contributed by atoms with Crippen LogP contribution in [0.15, 0.2) is 22.7 Å². The Kier molecular flexibility index (Phi) is 3.90. The summed E-state index contributed by atoms with van der Waals surface area (Å²) in [6, 6.07) is 5.84. The maximum absolute atomic E-state index is 12.1. The first kappa shape index (κ1) is 14.4. The van der Waals surface area contributed by atoms with Gasteiger partial charge >= 0.3 is 0 Å². The summed E-state index contributed by atoms with van der Waals surface area (Å²) in [7, 11) is 0. The van der Waals surface area contributed by atoms with Crippen LogP contribution in [0.3, 0.4) is 0 Å². The van der Waals surface area contributed by atoms with Crippen LogP contribution in [0.4, 0.5) is 5.69 Å². The van der Waals surface area contributed by atoms with Gasteiger partial charge < -0.3 is 10.6 Å². The van der Waals surface area contributed by atoms with E-state index in [0.29, 0.717) is 18.9 Å². The molecule has 1 aliphatic heterocycles. The number of halogens is 1. The van der Waals surface area contributed by atoms with Gasteiger partial charge in [0, 0.05) is 29.7 Å². The zero-order valence-electron chi connectivity index (χ0n) is 11.7. The molecule has 1 amide bonds. The van der Waals surface area contributed by atoms with Gasteiger partial charge in [-0.15, -0.1) is 0 Å². The molecule has 4 heteroatoms. The summed E-state index contributed by atoms with van der Waals surface area (Å²) in [6.07, 6.45) is 0.653. The number of hydrogen-bond donors (Lipinski definition) is 1. The van der Waals surface area contributed by atoms with Gasteiger partial charge in [-0.05, 0) is 29.0 Å². The number of likely N-dealkylation sites (tertiary alicyclic amines) is 1. The Morgan fingerprint density at radius 2 is 2.11 bits per heavy atom. The zero-order chi connectivity index (χ0) is 14.2. The van der Waals surface area contributed by atoms with Crippen LogP contribution < -0.4 is 5.73 Å². The molecule has 1 aromatic carbocycles. The highest BCUT2D eigenvalue weighted by Crippen LogP contribution is 2.35. The van der Waals surface area contributed by atoms with Crippen LogP contribution in [0, 0.1) is 11.3 Å². The van der Waals surface area contributed by atoms with Gasteiger partial charge in [0.2, 0.25) is 5.91 Å². The lowest BCUT2D eigenvalue weighted by molar-refractivity contribution is -0.128. The van der Waals surface area contributed by atoms with E-state index in [4.69, 9.17) is 5.73 Å². The average Bonchev–Trinajstić information content (AvgIpc) is 2.64. The zero-order valence-corrected chi connectivity index (χ0v) is 13.3. The predicted molar refractivity (Wildman–Crippen MR) is 81.5 cm³/mol. The van der Waals surface area contributed by atoms with Crippen molar-refractivity contribution in [3.05, 3.63) is 28.2 Å². The van der Waals surface area contributed by atoms with E-state index in [1.807, 2.05) is 23.1 Å². The Labute approximate surface area is 123 Å². The minimum absolute atomic E-state index is 0.176. The Balaban J connectivity index is 2.10. The number of amides is 1. The summed E-state index contributed by atoms with van der Waals surface area (Å²) in [4.78, 5) is 14.0. The highest BCUT2D eigenvalue weighted by atomic mass is 79.9. The third-order valence-electron chi connectivity index (χ3n) is 3.91. The number of carbonyl (C=O) groups excluding carboxylic acids is 1. The number of nitrogen functional groups attached to an aromatic ring is 1. The summed E-state index contributed by atoms with van der Waals surface area (Å²) >= 11 is 3.40. The van der Waals surface area contributed by atoms with Crippen molar-refractivity contribution >= 4 is 27.5 Å². The molecule has 1 aromatic rings. The first-order chi connectivity index (χ1) is 8.77. The lowest BCUT2D eigenvalue weighted by Gasteiger charge is -2.26. The summed E-state index contributed by atoms with van der Waals surface area (Å²) in [6.45, 7) is 8.04. The lowest BCUT2D eigenvalue weighted by Crippen LogP contribution is -2.27. The van der Waals surface area contributed by atoms with Gasteiger partial charge in [0.05, 0.1) is 0 Å². The average molecular weight is 325 g/mol. The Morgan fingerprint density at radius 1 is 1.42 bits per heavy atom. The Morgan fingerprint density at radius 3 is 2.63 bits per heavy atom. The van der Waals surface area contributed by atoms with Crippen LogP contribution in [-0.2, 0) is 11.3 Å². The normalized spacial score (nSPS) is 20.1. The predicted octanol–water partition coefficient (Wildman–Crippen LogP) is 3.43. The van der Waals surface area contributed by atoms with Gasteiger partial charge in [0.1, 0.15) is 0 Å². The summed E-state index contributed by atoms with van der Waals surface area (Å²) in [5.74, 6) is 0.666. The van der Waals surface area contributed by atoms with Gasteiger partial charge in [0.25, 0.3) is 0 Å². The maximum Gasteiger partial charge on any atom is 0.223 e. The molecular formula is C15H21BrN2O. The standard InChI is InChI=1S/C15H21BrN2O/c1-15(2,3)11-6-14(19)18(9-11)8-10-4-5-12(16)7-13(10)17/h4-5,7,11H,6,8-9,17H2,1-3H3. The van der Waals surface area contributed by atoms with Crippen molar-refractivity contribution in [2.75, 3.05) is 12.3 Å². The van der Waals surface area contributed by atoms with E-state index < -0.39 is 0 Å². The molecule has 1 fully saturated rings. The molecule has 0 bridgehead atoms. The highest BCUT2D eigenvalue weighted by Gasteiger charge is 2.36. The number of carbonyl (C=O) groups is 1. The fourth-order valence-electron chi connectivity index (χ4n) is 2.42. The van der Waals surface area contributed by atoms with E-state index in [1.165, 1.54) is 0 Å². The molecule has 0 saturated carbocycles. The van der Waals surface area contributed by atoms with Crippen LogP contribution >= 0.6 is 15.9 Å². The van der Waals surface area contributed by atoms with Crippen LogP contribution in [-0.4, -0.2) is 17.4 Å². The van der Waals surface area contributed by atoms with Crippen molar-refractivity contribution < 1.29 is 4.79 Å². The van der Waals surface area contributed by atoms with E-state index >= 15 is 0 Å². The van der Waals surface area contributed by atoms with Gasteiger partial charge in [-0.1, -0.05) is 42.8 Å². The molecule has 1 unspecified atom stereocenters. The van der Waals surface area contributed by atoms with E-state index in [1.54, 1.807) is 0 Å². The SMILES string of the molecule is CC(C)(C)C1CC(=O)N(Cc2ccc(Br)cc2N)C1. The second kappa shape index (κ2) is 5.16. The van der Waals surface area contributed by atoms with E-state index in [0.717, 1.165) is 22.3 Å². The number of anilines is 1. The number of nitrogens with two attached hydrogens (primary N) is 1. The van der Waals surface area contributed by atoms with Gasteiger partial charge in [0.15, 0.2) is 0 Å². The van der Waals surface area contributed by atoms with E-state index in [-0.39, 0.29) is 11.3 Å². The summed E-state index contributed by atoms with van der Waals surface area (Å²) in [5.41, 5.74) is 7.93. The summed E-state index contributed by atoms with van der Waals surface area (Å²) in [5, 5.41) is 0. The molecule has 2 rings (SSSR count). The number of hydrogen-bond acceptors (Lipinski definition) is 2. The number of rotatable bonds is 2. The minimum atomic E-state index is 0.176. The van der Waals surface area contributed by atoms with Gasteiger partial charge in [-0.3, -0.25) is 4.79 Å². The third-order valence-corrected chi connectivity index (χ3v) is 4.40. The Hall–Kier alpha value is -1.03. The highest BCUT2D eigenvalue weighted by molar-refractivity contribution is 9.10. The van der Waals surface area contributed by atoms with Crippen LogP contribution in [0.25, 0.3) is 0 Å². The minimum Gasteiger partial charge on any atom is -0.398 e. The summed E-state index contributed by atoms with van der Waals surface area (Å²) < 4.78 is 0.967. The van der Waals surface area contributed by atoms with Gasteiger partial charge in [-0.2, -0.15) is 0 Å². The number of nitrogens with zero attached hydrogens (tertiary/aromatic N) is 1. The van der Waals surface area contributed by atoms with E-state index in [2.05, 4.69) is 36.7 Å². The van der Waals surface area contributed by atoms with Crippen LogP contribution in [0.1, 0.15) is 32.8 Å². The molecule has 0 radical (unpaired) electrons. The Bertz CT molecular complexity index is 493. The first-order valence-corrected chi connectivity index (χ1v) is 7.38. The molecule has 1 heterocycles. The van der Waals surface area contributed by atoms with Crippen molar-refractivity contribution in [2.24, 2.45) is 11.3 Å².